The van der Waals surface area contributed by atoms with Crippen molar-refractivity contribution in [3.63, 3.8) is 0 Å². The lowest BCUT2D eigenvalue weighted by Gasteiger charge is -2.25. The Balaban J connectivity index is 1.77. The number of carbonyl (C=O) groups excluding carboxylic acids is 1. The minimum atomic E-state index is -0.00491. The Kier molecular flexibility index (Phi) is 4.25. The van der Waals surface area contributed by atoms with Crippen molar-refractivity contribution in [2.75, 3.05) is 7.05 Å². The first kappa shape index (κ1) is 15.4. The smallest absolute Gasteiger partial charge is 0.264 e. The van der Waals surface area contributed by atoms with Gasteiger partial charge < -0.3 is 4.90 Å². The fourth-order valence-electron chi connectivity index (χ4n) is 2.37. The van der Waals surface area contributed by atoms with Crippen LogP contribution in [0.2, 0.25) is 0 Å². The number of hydrogen-bond donors (Lipinski definition) is 0. The molecule has 0 saturated heterocycles. The van der Waals surface area contributed by atoms with Gasteiger partial charge in [0, 0.05) is 11.9 Å². The van der Waals surface area contributed by atoms with E-state index in [4.69, 9.17) is 0 Å². The number of rotatable bonds is 4. The highest BCUT2D eigenvalue weighted by Crippen LogP contribution is 2.24. The van der Waals surface area contributed by atoms with E-state index in [0.717, 1.165) is 21.0 Å². The molecular weight excluding hydrogens is 308 g/mol. The van der Waals surface area contributed by atoms with Crippen LogP contribution in [0.25, 0.3) is 5.69 Å². The second-order valence-corrected chi connectivity index (χ2v) is 6.72. The number of aromatic nitrogens is 3. The third kappa shape index (κ3) is 3.17. The van der Waals surface area contributed by atoms with E-state index in [0.29, 0.717) is 0 Å². The van der Waals surface area contributed by atoms with Crippen LogP contribution in [-0.2, 0) is 0 Å². The summed E-state index contributed by atoms with van der Waals surface area (Å²) in [6.45, 7) is 4.04. The van der Waals surface area contributed by atoms with Crippen LogP contribution in [-0.4, -0.2) is 32.6 Å². The molecule has 0 spiro atoms. The highest BCUT2D eigenvalue weighted by atomic mass is 32.1. The van der Waals surface area contributed by atoms with E-state index >= 15 is 0 Å². The summed E-state index contributed by atoms with van der Waals surface area (Å²) in [6, 6.07) is 11.9. The summed E-state index contributed by atoms with van der Waals surface area (Å²) in [4.78, 5) is 20.2. The van der Waals surface area contributed by atoms with Crippen LogP contribution in [0.5, 0.6) is 0 Å². The van der Waals surface area contributed by atoms with Gasteiger partial charge in [-0.1, -0.05) is 12.1 Å². The maximum absolute atomic E-state index is 12.5. The highest BCUT2D eigenvalue weighted by molar-refractivity contribution is 7.13. The lowest BCUT2D eigenvalue weighted by Crippen LogP contribution is -2.29. The molecular formula is C17H18N4OS. The Morgan fingerprint density at radius 2 is 1.96 bits per heavy atom. The molecule has 5 nitrogen and oxygen atoms in total. The van der Waals surface area contributed by atoms with Crippen LogP contribution in [0.3, 0.4) is 0 Å². The number of aryl methyl sites for hydroxylation is 1. The standard InChI is InChI=1S/C17H18N4OS/c1-12-4-9-16(23-12)17(22)20(3)13(2)14-5-7-15(8-6-14)21-11-18-10-19-21/h4-11,13H,1-3H3/t13-/m1/s1. The van der Waals surface area contributed by atoms with E-state index in [2.05, 4.69) is 10.1 Å². The summed E-state index contributed by atoms with van der Waals surface area (Å²) >= 11 is 1.53. The maximum Gasteiger partial charge on any atom is 0.264 e. The first-order valence-corrected chi connectivity index (χ1v) is 8.16. The SMILES string of the molecule is Cc1ccc(C(=O)N(C)[C@H](C)c2ccc(-n3cncn3)cc2)s1. The molecule has 1 amide bonds. The Morgan fingerprint density at radius 3 is 2.52 bits per heavy atom. The molecule has 0 aliphatic rings. The average molecular weight is 326 g/mol. The van der Waals surface area contributed by atoms with Gasteiger partial charge >= 0.3 is 0 Å². The van der Waals surface area contributed by atoms with Crippen LogP contribution in [0.15, 0.2) is 49.1 Å². The molecule has 3 aromatic rings. The topological polar surface area (TPSA) is 51.0 Å². The zero-order valence-corrected chi connectivity index (χ0v) is 14.1. The largest absolute Gasteiger partial charge is 0.334 e. The van der Waals surface area contributed by atoms with Crippen LogP contribution in [0, 0.1) is 6.92 Å². The minimum Gasteiger partial charge on any atom is -0.334 e. The molecule has 0 N–H and O–H groups in total. The predicted molar refractivity (Wildman–Crippen MR) is 90.9 cm³/mol. The number of benzene rings is 1. The lowest BCUT2D eigenvalue weighted by atomic mass is 10.1. The van der Waals surface area contributed by atoms with Crippen LogP contribution in [0.1, 0.15) is 33.1 Å². The molecule has 0 fully saturated rings. The molecule has 1 aromatic carbocycles. The van der Waals surface area contributed by atoms with E-state index < -0.39 is 0 Å². The van der Waals surface area contributed by atoms with E-state index in [-0.39, 0.29) is 11.9 Å². The molecule has 1 atom stereocenters. The first-order valence-electron chi connectivity index (χ1n) is 7.35. The van der Waals surface area contributed by atoms with Gasteiger partial charge in [0.15, 0.2) is 0 Å². The zero-order chi connectivity index (χ0) is 16.4. The van der Waals surface area contributed by atoms with Crippen molar-refractivity contribution in [2.45, 2.75) is 19.9 Å². The number of thiophene rings is 1. The molecule has 0 radical (unpaired) electrons. The van der Waals surface area contributed by atoms with Crippen LogP contribution < -0.4 is 0 Å². The van der Waals surface area contributed by atoms with E-state index in [1.54, 1.807) is 15.9 Å². The number of hydrogen-bond acceptors (Lipinski definition) is 4. The van der Waals surface area contributed by atoms with Crippen molar-refractivity contribution >= 4 is 17.2 Å². The number of nitrogens with zero attached hydrogens (tertiary/aromatic N) is 4. The monoisotopic (exact) mass is 326 g/mol. The van der Waals surface area contributed by atoms with Gasteiger partial charge in [-0.05, 0) is 43.7 Å². The minimum absolute atomic E-state index is 0.00491. The number of carbonyl (C=O) groups is 1. The highest BCUT2D eigenvalue weighted by Gasteiger charge is 2.20. The van der Waals surface area contributed by atoms with Gasteiger partial charge in [-0.15, -0.1) is 11.3 Å². The maximum atomic E-state index is 12.5. The van der Waals surface area contributed by atoms with Crippen LogP contribution in [0.4, 0.5) is 0 Å². The second-order valence-electron chi connectivity index (χ2n) is 5.43. The van der Waals surface area contributed by atoms with Crippen molar-refractivity contribution in [1.82, 2.24) is 19.7 Å². The fourth-order valence-corrected chi connectivity index (χ4v) is 3.22. The summed E-state index contributed by atoms with van der Waals surface area (Å²) in [6.07, 6.45) is 3.17. The molecule has 0 unspecified atom stereocenters. The Hall–Kier alpha value is -2.47. The van der Waals surface area contributed by atoms with Gasteiger partial charge in [0.2, 0.25) is 0 Å². The van der Waals surface area contributed by atoms with Crippen molar-refractivity contribution in [3.05, 3.63) is 64.4 Å². The Bertz CT molecular complexity index is 792. The Labute approximate surface area is 139 Å². The van der Waals surface area contributed by atoms with Gasteiger partial charge in [-0.3, -0.25) is 4.79 Å². The van der Waals surface area contributed by atoms with Crippen molar-refractivity contribution in [2.24, 2.45) is 0 Å². The molecule has 3 rings (SSSR count). The van der Waals surface area contributed by atoms with Crippen molar-refractivity contribution in [1.29, 1.82) is 0 Å². The lowest BCUT2D eigenvalue weighted by molar-refractivity contribution is 0.0747. The Morgan fingerprint density at radius 1 is 1.22 bits per heavy atom. The fraction of sp³-hybridized carbons (Fsp3) is 0.235. The second kappa shape index (κ2) is 6.34. The molecule has 0 aliphatic heterocycles. The molecule has 2 heterocycles. The van der Waals surface area contributed by atoms with E-state index in [9.17, 15) is 4.79 Å². The molecule has 0 saturated carbocycles. The quantitative estimate of drug-likeness (QED) is 0.737. The van der Waals surface area contributed by atoms with E-state index in [1.807, 2.05) is 57.3 Å². The normalized spacial score (nSPS) is 12.1. The predicted octanol–water partition coefficient (Wildman–Crippen LogP) is 3.47. The molecule has 0 aliphatic carbocycles. The van der Waals surface area contributed by atoms with Crippen LogP contribution >= 0.6 is 11.3 Å². The van der Waals surface area contributed by atoms with Crippen molar-refractivity contribution < 1.29 is 4.79 Å². The number of amides is 1. The summed E-state index contributed by atoms with van der Waals surface area (Å²) < 4.78 is 1.71. The molecule has 0 bridgehead atoms. The van der Waals surface area contributed by atoms with Gasteiger partial charge in [0.05, 0.1) is 16.6 Å². The molecule has 23 heavy (non-hydrogen) atoms. The molecule has 2 aromatic heterocycles. The van der Waals surface area contributed by atoms with Crippen molar-refractivity contribution in [3.8, 4) is 5.69 Å². The molecule has 118 valence electrons. The van der Waals surface area contributed by atoms with Gasteiger partial charge in [0.1, 0.15) is 12.7 Å². The molecule has 6 heteroatoms. The zero-order valence-electron chi connectivity index (χ0n) is 13.3. The summed E-state index contributed by atoms with van der Waals surface area (Å²) in [5, 5.41) is 4.11. The van der Waals surface area contributed by atoms with E-state index in [1.165, 1.54) is 17.7 Å². The summed E-state index contributed by atoms with van der Waals surface area (Å²) in [5.41, 5.74) is 2.03. The third-order valence-electron chi connectivity index (χ3n) is 3.91. The first-order chi connectivity index (χ1) is 11.1. The van der Waals surface area contributed by atoms with Gasteiger partial charge in [-0.2, -0.15) is 5.10 Å². The van der Waals surface area contributed by atoms with Gasteiger partial charge in [0.25, 0.3) is 5.91 Å². The third-order valence-corrected chi connectivity index (χ3v) is 4.90. The average Bonchev–Trinajstić information content (AvgIpc) is 3.24. The summed E-state index contributed by atoms with van der Waals surface area (Å²) in [5.74, 6) is 0.0518. The summed E-state index contributed by atoms with van der Waals surface area (Å²) in [7, 11) is 1.84. The van der Waals surface area contributed by atoms with Gasteiger partial charge in [-0.25, -0.2) is 9.67 Å².